The Labute approximate surface area is 118 Å². The molecule has 18 heavy (non-hydrogen) atoms. The van der Waals surface area contributed by atoms with Crippen molar-refractivity contribution in [1.29, 1.82) is 0 Å². The van der Waals surface area contributed by atoms with Crippen LogP contribution in [0.2, 0.25) is 5.02 Å². The number of hydrogen-bond donors (Lipinski definition) is 2. The van der Waals surface area contributed by atoms with E-state index in [1.165, 1.54) is 19.3 Å². The van der Waals surface area contributed by atoms with Crippen molar-refractivity contribution in [2.24, 2.45) is 0 Å². The quantitative estimate of drug-likeness (QED) is 0.649. The second-order valence-corrected chi connectivity index (χ2v) is 5.55. The summed E-state index contributed by atoms with van der Waals surface area (Å²) < 4.78 is 5.37. The molecule has 0 saturated carbocycles. The Bertz CT molecular complexity index is 572. The number of nitrogens with one attached hydrogen (secondary N) is 1. The van der Waals surface area contributed by atoms with Crippen molar-refractivity contribution in [2.45, 2.75) is 0 Å². The van der Waals surface area contributed by atoms with Gasteiger partial charge in [0.2, 0.25) is 0 Å². The fraction of sp³-hybridized carbons (Fsp3) is 0.0909. The third-order valence-corrected chi connectivity index (χ3v) is 3.60. The van der Waals surface area contributed by atoms with Crippen LogP contribution in [0.1, 0.15) is 5.56 Å². The minimum absolute atomic E-state index is 0.0689. The molecule has 1 amide bonds. The summed E-state index contributed by atoms with van der Waals surface area (Å²) in [6.07, 6.45) is 1.52. The highest BCUT2D eigenvalue weighted by Crippen LogP contribution is 2.36. The number of aromatic hydroxyl groups is 1. The average Bonchev–Trinajstić information content (AvgIpc) is 2.62. The molecule has 0 aromatic heterocycles. The molecule has 1 fully saturated rings. The Hall–Kier alpha value is -1.24. The lowest BCUT2D eigenvalue weighted by Crippen LogP contribution is -2.17. The summed E-state index contributed by atoms with van der Waals surface area (Å²) in [7, 11) is 1.43. The average molecular weight is 302 g/mol. The molecule has 2 N–H and O–H groups in total. The molecular formula is C11H8ClNO3S2. The van der Waals surface area contributed by atoms with E-state index in [0.717, 1.165) is 11.8 Å². The first-order valence-corrected chi connectivity index (χ1v) is 6.43. The maximum Gasteiger partial charge on any atom is 0.263 e. The summed E-state index contributed by atoms with van der Waals surface area (Å²) in [5.41, 5.74) is 0.404. The molecule has 1 aromatic rings. The van der Waals surface area contributed by atoms with Crippen LogP contribution in [0.25, 0.3) is 6.08 Å². The number of methoxy groups -OCH3 is 1. The minimum Gasteiger partial charge on any atom is -0.504 e. The van der Waals surface area contributed by atoms with Crippen LogP contribution in [0.4, 0.5) is 0 Å². The minimum atomic E-state index is -0.289. The highest BCUT2D eigenvalue weighted by Gasteiger charge is 2.23. The summed E-state index contributed by atoms with van der Waals surface area (Å²) in [5.74, 6) is -0.107. The molecule has 1 heterocycles. The first-order chi connectivity index (χ1) is 8.51. The maximum atomic E-state index is 11.5. The molecule has 1 aliphatic rings. The second kappa shape index (κ2) is 5.17. The molecule has 4 nitrogen and oxygen atoms in total. The van der Waals surface area contributed by atoms with Crippen LogP contribution in [0, 0.1) is 0 Å². The van der Waals surface area contributed by atoms with E-state index in [-0.39, 0.29) is 17.4 Å². The summed E-state index contributed by atoms with van der Waals surface area (Å²) in [5, 5.41) is 12.8. The van der Waals surface area contributed by atoms with Gasteiger partial charge in [0, 0.05) is 16.7 Å². The van der Waals surface area contributed by atoms with Crippen LogP contribution < -0.4 is 10.1 Å². The molecule has 7 heteroatoms. The van der Waals surface area contributed by atoms with Gasteiger partial charge in [-0.3, -0.25) is 4.79 Å². The van der Waals surface area contributed by atoms with Crippen LogP contribution in [-0.2, 0) is 4.79 Å². The van der Waals surface area contributed by atoms with Crippen molar-refractivity contribution in [2.75, 3.05) is 7.11 Å². The summed E-state index contributed by atoms with van der Waals surface area (Å²) in [6.45, 7) is 0. The first-order valence-electron chi connectivity index (χ1n) is 4.82. The number of amides is 1. The number of halogens is 1. The van der Waals surface area contributed by atoms with E-state index in [0.29, 0.717) is 19.8 Å². The lowest BCUT2D eigenvalue weighted by molar-refractivity contribution is -0.115. The van der Waals surface area contributed by atoms with Crippen LogP contribution in [0.3, 0.4) is 0 Å². The molecule has 1 saturated heterocycles. The van der Waals surface area contributed by atoms with Crippen molar-refractivity contribution >= 4 is 51.9 Å². The Kier molecular flexibility index (Phi) is 3.79. The second-order valence-electron chi connectivity index (χ2n) is 3.40. The highest BCUT2D eigenvalue weighted by atomic mass is 35.5. The lowest BCUT2D eigenvalue weighted by Gasteiger charge is -2.07. The molecule has 2 rings (SSSR count). The van der Waals surface area contributed by atoms with Gasteiger partial charge < -0.3 is 15.2 Å². The zero-order chi connectivity index (χ0) is 13.3. The number of rotatable bonds is 2. The monoisotopic (exact) mass is 301 g/mol. The van der Waals surface area contributed by atoms with E-state index in [1.807, 2.05) is 0 Å². The molecule has 0 atom stereocenters. The van der Waals surface area contributed by atoms with Gasteiger partial charge in [-0.15, -0.1) is 0 Å². The number of carbonyl (C=O) groups is 1. The van der Waals surface area contributed by atoms with Gasteiger partial charge in [0.15, 0.2) is 11.5 Å². The molecular weight excluding hydrogens is 294 g/mol. The van der Waals surface area contributed by atoms with E-state index in [9.17, 15) is 9.90 Å². The van der Waals surface area contributed by atoms with E-state index in [1.54, 1.807) is 6.07 Å². The van der Waals surface area contributed by atoms with Crippen molar-refractivity contribution in [3.05, 3.63) is 27.6 Å². The summed E-state index contributed by atoms with van der Waals surface area (Å²) in [4.78, 5) is 11.9. The van der Waals surface area contributed by atoms with Crippen LogP contribution in [0.15, 0.2) is 17.0 Å². The third kappa shape index (κ3) is 2.60. The molecule has 1 aliphatic heterocycles. The van der Waals surface area contributed by atoms with Crippen LogP contribution in [0.5, 0.6) is 11.5 Å². The lowest BCUT2D eigenvalue weighted by atomic mass is 10.1. The molecule has 0 aliphatic carbocycles. The standard InChI is InChI=1S/C11H8ClNO3S2/c1-16-7-4-6(12)2-5(9(7)14)3-8-10(15)13-11(17)18-8/h2-4,14H,1H3,(H,13,15,17)/b8-3-. The Balaban J connectivity index is 2.46. The number of benzene rings is 1. The molecule has 0 spiro atoms. The van der Waals surface area contributed by atoms with Gasteiger partial charge in [-0.1, -0.05) is 35.6 Å². The molecule has 0 radical (unpaired) electrons. The smallest absolute Gasteiger partial charge is 0.263 e. The van der Waals surface area contributed by atoms with E-state index < -0.39 is 0 Å². The number of carbonyl (C=O) groups excluding carboxylic acids is 1. The van der Waals surface area contributed by atoms with Gasteiger partial charge in [0.25, 0.3) is 5.91 Å². The highest BCUT2D eigenvalue weighted by molar-refractivity contribution is 8.26. The molecule has 0 unspecified atom stereocenters. The van der Waals surface area contributed by atoms with Gasteiger partial charge in [-0.05, 0) is 12.1 Å². The number of thioether (sulfide) groups is 1. The van der Waals surface area contributed by atoms with Crippen LogP contribution >= 0.6 is 35.6 Å². The van der Waals surface area contributed by atoms with E-state index >= 15 is 0 Å². The van der Waals surface area contributed by atoms with E-state index in [2.05, 4.69) is 5.32 Å². The number of ether oxygens (including phenoxy) is 1. The Morgan fingerprint density at radius 1 is 1.56 bits per heavy atom. The van der Waals surface area contributed by atoms with Gasteiger partial charge in [0.1, 0.15) is 4.32 Å². The first kappa shape index (κ1) is 13.2. The van der Waals surface area contributed by atoms with Gasteiger partial charge in [0.05, 0.1) is 12.0 Å². The number of phenols is 1. The largest absolute Gasteiger partial charge is 0.504 e. The topological polar surface area (TPSA) is 58.6 Å². The van der Waals surface area contributed by atoms with Crippen LogP contribution in [-0.4, -0.2) is 22.4 Å². The summed E-state index contributed by atoms with van der Waals surface area (Å²) in [6, 6.07) is 3.03. The fourth-order valence-corrected chi connectivity index (χ4v) is 2.67. The van der Waals surface area contributed by atoms with Crippen molar-refractivity contribution in [3.63, 3.8) is 0 Å². The van der Waals surface area contributed by atoms with E-state index in [4.69, 9.17) is 28.6 Å². The van der Waals surface area contributed by atoms with Gasteiger partial charge >= 0.3 is 0 Å². The predicted octanol–water partition coefficient (Wildman–Crippen LogP) is 2.54. The number of hydrogen-bond acceptors (Lipinski definition) is 5. The number of thiocarbonyl (C=S) groups is 1. The zero-order valence-corrected chi connectivity index (χ0v) is 11.6. The molecule has 94 valence electrons. The Morgan fingerprint density at radius 3 is 2.83 bits per heavy atom. The SMILES string of the molecule is COc1cc(Cl)cc(/C=C2\SC(=S)NC2=O)c1O. The third-order valence-electron chi connectivity index (χ3n) is 2.22. The number of phenolic OH excluding ortho intramolecular Hbond substituents is 1. The van der Waals surface area contributed by atoms with Gasteiger partial charge in [-0.25, -0.2) is 0 Å². The maximum absolute atomic E-state index is 11.5. The van der Waals surface area contributed by atoms with Gasteiger partial charge in [-0.2, -0.15) is 0 Å². The van der Waals surface area contributed by atoms with Crippen molar-refractivity contribution in [1.82, 2.24) is 5.32 Å². The predicted molar refractivity (Wildman–Crippen MR) is 76.0 cm³/mol. The van der Waals surface area contributed by atoms with Crippen molar-refractivity contribution in [3.8, 4) is 11.5 Å². The normalized spacial score (nSPS) is 17.1. The van der Waals surface area contributed by atoms with Crippen molar-refractivity contribution < 1.29 is 14.6 Å². The summed E-state index contributed by atoms with van der Waals surface area (Å²) >= 11 is 11.9. The molecule has 1 aromatic carbocycles. The Morgan fingerprint density at radius 2 is 2.28 bits per heavy atom. The fourth-order valence-electron chi connectivity index (χ4n) is 1.42. The zero-order valence-electron chi connectivity index (χ0n) is 9.19. The molecule has 0 bridgehead atoms.